The first kappa shape index (κ1) is 12.7. The van der Waals surface area contributed by atoms with Gasteiger partial charge in [0.25, 0.3) is 0 Å². The molecular weight excluding hydrogens is 230 g/mol. The number of benzene rings is 1. The molecule has 0 radical (unpaired) electrons. The molecule has 2 rings (SSSR count). The van der Waals surface area contributed by atoms with Gasteiger partial charge in [-0.15, -0.1) is 10.2 Å². The zero-order valence-electron chi connectivity index (χ0n) is 10.4. The van der Waals surface area contributed by atoms with Crippen LogP contribution >= 0.6 is 0 Å². The summed E-state index contributed by atoms with van der Waals surface area (Å²) in [6, 6.07) is 9.68. The lowest BCUT2D eigenvalue weighted by Crippen LogP contribution is -2.26. The molecule has 1 N–H and O–H groups in total. The predicted octanol–water partition coefficient (Wildman–Crippen LogP) is 1.55. The minimum Gasteiger partial charge on any atom is -0.419 e. The molecule has 18 heavy (non-hydrogen) atoms. The van der Waals surface area contributed by atoms with Crippen molar-refractivity contribution in [1.82, 2.24) is 15.1 Å². The maximum atomic E-state index is 8.92. The number of nitrogens with zero attached hydrogens (tertiary/aromatic N) is 3. The molecule has 0 saturated heterocycles. The average molecular weight is 247 g/mol. The van der Waals surface area contributed by atoms with E-state index in [4.69, 9.17) is 9.52 Å². The van der Waals surface area contributed by atoms with Gasteiger partial charge in [0.05, 0.1) is 13.2 Å². The fourth-order valence-corrected chi connectivity index (χ4v) is 1.70. The molecule has 0 amide bonds. The Morgan fingerprint density at radius 2 is 2.00 bits per heavy atom. The first-order valence-electron chi connectivity index (χ1n) is 6.04. The number of rotatable bonds is 6. The highest BCUT2D eigenvalue weighted by atomic mass is 16.4. The average Bonchev–Trinajstić information content (AvgIpc) is 2.88. The van der Waals surface area contributed by atoms with Crippen LogP contribution in [0.4, 0.5) is 0 Å². The molecule has 1 aromatic heterocycles. The fourth-order valence-electron chi connectivity index (χ4n) is 1.70. The maximum Gasteiger partial charge on any atom is 0.247 e. The molecule has 0 aliphatic heterocycles. The van der Waals surface area contributed by atoms with Crippen molar-refractivity contribution in [2.45, 2.75) is 13.5 Å². The van der Waals surface area contributed by atoms with Gasteiger partial charge in [-0.3, -0.25) is 4.90 Å². The third-order valence-electron chi connectivity index (χ3n) is 2.71. The van der Waals surface area contributed by atoms with Crippen molar-refractivity contribution < 1.29 is 9.52 Å². The van der Waals surface area contributed by atoms with Gasteiger partial charge in [0.2, 0.25) is 11.8 Å². The number of aliphatic hydroxyl groups excluding tert-OH is 1. The number of aliphatic hydroxyl groups is 1. The van der Waals surface area contributed by atoms with Gasteiger partial charge in [0, 0.05) is 12.1 Å². The second kappa shape index (κ2) is 6.28. The largest absolute Gasteiger partial charge is 0.419 e. The summed E-state index contributed by atoms with van der Waals surface area (Å²) in [6.07, 6.45) is 0. The first-order chi connectivity index (χ1) is 8.83. The van der Waals surface area contributed by atoms with Gasteiger partial charge in [-0.25, -0.2) is 0 Å². The molecule has 0 saturated carbocycles. The summed E-state index contributed by atoms with van der Waals surface area (Å²) >= 11 is 0. The lowest BCUT2D eigenvalue weighted by atomic mass is 10.2. The van der Waals surface area contributed by atoms with Crippen molar-refractivity contribution in [1.29, 1.82) is 0 Å². The van der Waals surface area contributed by atoms with Gasteiger partial charge >= 0.3 is 0 Å². The summed E-state index contributed by atoms with van der Waals surface area (Å²) in [5.41, 5.74) is 0.918. The number of likely N-dealkylation sites (N-methyl/N-ethyl adjacent to an activating group) is 1. The highest BCUT2D eigenvalue weighted by Crippen LogP contribution is 2.17. The van der Waals surface area contributed by atoms with E-state index in [9.17, 15) is 0 Å². The smallest absolute Gasteiger partial charge is 0.247 e. The van der Waals surface area contributed by atoms with Crippen LogP contribution < -0.4 is 0 Å². The van der Waals surface area contributed by atoms with Crippen molar-refractivity contribution >= 4 is 0 Å². The quantitative estimate of drug-likeness (QED) is 0.839. The molecular formula is C13H17N3O2. The van der Waals surface area contributed by atoms with E-state index in [1.165, 1.54) is 0 Å². The van der Waals surface area contributed by atoms with Gasteiger partial charge < -0.3 is 9.52 Å². The van der Waals surface area contributed by atoms with Gasteiger partial charge in [-0.2, -0.15) is 0 Å². The van der Waals surface area contributed by atoms with E-state index in [0.717, 1.165) is 12.1 Å². The van der Waals surface area contributed by atoms with Gasteiger partial charge in [0.1, 0.15) is 0 Å². The normalized spacial score (nSPS) is 11.1. The lowest BCUT2D eigenvalue weighted by molar-refractivity contribution is 0.185. The van der Waals surface area contributed by atoms with E-state index in [-0.39, 0.29) is 6.61 Å². The minimum absolute atomic E-state index is 0.132. The molecule has 1 heterocycles. The minimum atomic E-state index is 0.132. The molecule has 0 fully saturated rings. The Morgan fingerprint density at radius 3 is 2.67 bits per heavy atom. The molecule has 0 aliphatic rings. The predicted molar refractivity (Wildman–Crippen MR) is 67.8 cm³/mol. The maximum absolute atomic E-state index is 8.92. The molecule has 0 unspecified atom stereocenters. The van der Waals surface area contributed by atoms with Crippen LogP contribution in [-0.2, 0) is 6.54 Å². The number of aromatic nitrogens is 2. The Balaban J connectivity index is 2.06. The van der Waals surface area contributed by atoms with Crippen LogP contribution in [0.15, 0.2) is 34.7 Å². The van der Waals surface area contributed by atoms with Crippen molar-refractivity contribution in [2.75, 3.05) is 19.7 Å². The fraction of sp³-hybridized carbons (Fsp3) is 0.385. The molecule has 5 nitrogen and oxygen atoms in total. The molecule has 96 valence electrons. The Morgan fingerprint density at radius 1 is 1.22 bits per heavy atom. The Kier molecular flexibility index (Phi) is 4.44. The van der Waals surface area contributed by atoms with Gasteiger partial charge in [-0.05, 0) is 18.7 Å². The van der Waals surface area contributed by atoms with E-state index >= 15 is 0 Å². The van der Waals surface area contributed by atoms with Crippen LogP contribution in [0.3, 0.4) is 0 Å². The van der Waals surface area contributed by atoms with Crippen LogP contribution in [0.25, 0.3) is 11.5 Å². The Bertz CT molecular complexity index is 470. The second-order valence-electron chi connectivity index (χ2n) is 3.96. The third-order valence-corrected chi connectivity index (χ3v) is 2.71. The monoisotopic (exact) mass is 247 g/mol. The SMILES string of the molecule is CCN(CCO)Cc1nnc(-c2ccccc2)o1. The van der Waals surface area contributed by atoms with Crippen LogP contribution in [-0.4, -0.2) is 39.9 Å². The summed E-state index contributed by atoms with van der Waals surface area (Å²) in [5.74, 6) is 1.11. The summed E-state index contributed by atoms with van der Waals surface area (Å²) < 4.78 is 5.60. The van der Waals surface area contributed by atoms with E-state index in [1.807, 2.05) is 42.2 Å². The topological polar surface area (TPSA) is 62.4 Å². The third kappa shape index (κ3) is 3.15. The van der Waals surface area contributed by atoms with Crippen LogP contribution in [0.1, 0.15) is 12.8 Å². The Hall–Kier alpha value is -1.72. The second-order valence-corrected chi connectivity index (χ2v) is 3.96. The molecule has 2 aromatic rings. The zero-order valence-corrected chi connectivity index (χ0v) is 10.4. The van der Waals surface area contributed by atoms with Gasteiger partial charge in [0.15, 0.2) is 0 Å². The van der Waals surface area contributed by atoms with E-state index in [2.05, 4.69) is 10.2 Å². The zero-order chi connectivity index (χ0) is 12.8. The lowest BCUT2D eigenvalue weighted by Gasteiger charge is -2.15. The molecule has 5 heteroatoms. The molecule has 0 atom stereocenters. The van der Waals surface area contributed by atoms with Crippen LogP contribution in [0.5, 0.6) is 0 Å². The summed E-state index contributed by atoms with van der Waals surface area (Å²) in [4.78, 5) is 2.04. The van der Waals surface area contributed by atoms with E-state index < -0.39 is 0 Å². The molecule has 0 bridgehead atoms. The van der Waals surface area contributed by atoms with Crippen molar-refractivity contribution in [3.8, 4) is 11.5 Å². The summed E-state index contributed by atoms with van der Waals surface area (Å²) in [7, 11) is 0. The Labute approximate surface area is 106 Å². The molecule has 0 spiro atoms. The molecule has 0 aliphatic carbocycles. The van der Waals surface area contributed by atoms with Gasteiger partial charge in [-0.1, -0.05) is 25.1 Å². The van der Waals surface area contributed by atoms with E-state index in [0.29, 0.717) is 24.9 Å². The summed E-state index contributed by atoms with van der Waals surface area (Å²) in [6.45, 7) is 4.18. The van der Waals surface area contributed by atoms with Crippen LogP contribution in [0.2, 0.25) is 0 Å². The number of hydrogen-bond donors (Lipinski definition) is 1. The highest BCUT2D eigenvalue weighted by Gasteiger charge is 2.11. The van der Waals surface area contributed by atoms with Crippen molar-refractivity contribution in [2.24, 2.45) is 0 Å². The highest BCUT2D eigenvalue weighted by molar-refractivity contribution is 5.51. The standard InChI is InChI=1S/C13H17N3O2/c1-2-16(8-9-17)10-12-14-15-13(18-12)11-6-4-3-5-7-11/h3-7,17H,2,8-10H2,1H3. The van der Waals surface area contributed by atoms with E-state index in [1.54, 1.807) is 0 Å². The summed E-state index contributed by atoms with van der Waals surface area (Å²) in [5, 5.41) is 17.0. The van der Waals surface area contributed by atoms with Crippen molar-refractivity contribution in [3.63, 3.8) is 0 Å². The number of hydrogen-bond acceptors (Lipinski definition) is 5. The molecule has 1 aromatic carbocycles. The van der Waals surface area contributed by atoms with Crippen molar-refractivity contribution in [3.05, 3.63) is 36.2 Å². The van der Waals surface area contributed by atoms with Crippen LogP contribution in [0, 0.1) is 0 Å². The first-order valence-corrected chi connectivity index (χ1v) is 6.04.